The molecule has 0 unspecified atom stereocenters. The van der Waals surface area contributed by atoms with Crippen LogP contribution in [0.3, 0.4) is 0 Å². The van der Waals surface area contributed by atoms with E-state index in [2.05, 4.69) is 54.8 Å². The van der Waals surface area contributed by atoms with E-state index in [-0.39, 0.29) is 5.04 Å². The predicted molar refractivity (Wildman–Crippen MR) is 74.5 cm³/mol. The van der Waals surface area contributed by atoms with Crippen molar-refractivity contribution in [2.45, 2.75) is 45.8 Å². The number of rotatable bonds is 2. The number of nitrogens with zero attached hydrogens (tertiary/aromatic N) is 1. The van der Waals surface area contributed by atoms with Gasteiger partial charge in [-0.15, -0.1) is 0 Å². The zero-order chi connectivity index (χ0) is 12.6. The third-order valence-corrected chi connectivity index (χ3v) is 8.41. The molecule has 1 aromatic heterocycles. The summed E-state index contributed by atoms with van der Waals surface area (Å²) in [6, 6.07) is 1.95. The Hall–Kier alpha value is -0.353. The summed E-state index contributed by atoms with van der Waals surface area (Å²) in [4.78, 5) is 4.18. The molecule has 2 nitrogen and oxygen atoms in total. The van der Waals surface area contributed by atoms with Crippen LogP contribution in [0.2, 0.25) is 18.1 Å². The van der Waals surface area contributed by atoms with Crippen molar-refractivity contribution in [1.29, 1.82) is 0 Å². The molecule has 0 saturated carbocycles. The first-order chi connectivity index (χ1) is 7.15. The molecule has 0 aromatic carbocycles. The Morgan fingerprint density at radius 1 is 1.31 bits per heavy atom. The Morgan fingerprint density at radius 2 is 1.88 bits per heavy atom. The Bertz CT molecular complexity index is 385. The lowest BCUT2D eigenvalue weighted by molar-refractivity contribution is 0.488. The molecule has 0 spiro atoms. The van der Waals surface area contributed by atoms with Gasteiger partial charge >= 0.3 is 0 Å². The van der Waals surface area contributed by atoms with Crippen molar-refractivity contribution in [1.82, 2.24) is 4.98 Å². The van der Waals surface area contributed by atoms with Crippen LogP contribution in [0.25, 0.3) is 0 Å². The zero-order valence-corrected chi connectivity index (χ0v) is 13.5. The second-order valence-corrected chi connectivity index (χ2v) is 11.1. The molecule has 1 rings (SSSR count). The van der Waals surface area contributed by atoms with Gasteiger partial charge in [0.1, 0.15) is 10.4 Å². The van der Waals surface area contributed by atoms with Gasteiger partial charge in [-0.1, -0.05) is 20.8 Å². The predicted octanol–water partition coefficient (Wildman–Crippen LogP) is 4.54. The molecule has 0 N–H and O–H groups in total. The highest BCUT2D eigenvalue weighted by Gasteiger charge is 2.39. The van der Waals surface area contributed by atoms with Gasteiger partial charge in [0.05, 0.1) is 0 Å². The van der Waals surface area contributed by atoms with E-state index in [1.165, 1.54) is 0 Å². The van der Waals surface area contributed by atoms with Crippen LogP contribution in [0.5, 0.6) is 5.75 Å². The number of halogens is 1. The molecule has 0 amide bonds. The normalized spacial score (nSPS) is 12.7. The van der Waals surface area contributed by atoms with E-state index in [9.17, 15) is 0 Å². The molecule has 0 aliphatic carbocycles. The molecule has 0 fully saturated rings. The lowest BCUT2D eigenvalue weighted by atomic mass is 10.2. The molecule has 16 heavy (non-hydrogen) atoms. The third-order valence-electron chi connectivity index (χ3n) is 3.26. The van der Waals surface area contributed by atoms with Crippen molar-refractivity contribution in [2.24, 2.45) is 0 Å². The number of hydrogen-bond donors (Lipinski definition) is 0. The summed E-state index contributed by atoms with van der Waals surface area (Å²) in [6.07, 6.45) is 1.78. The van der Waals surface area contributed by atoms with Crippen molar-refractivity contribution in [3.63, 3.8) is 0 Å². The van der Waals surface area contributed by atoms with Gasteiger partial charge in [-0.3, -0.25) is 0 Å². The molecule has 0 bridgehead atoms. The summed E-state index contributed by atoms with van der Waals surface area (Å²) >= 11 is 3.43. The maximum absolute atomic E-state index is 6.25. The molecule has 1 aromatic rings. The van der Waals surface area contributed by atoms with E-state index < -0.39 is 8.32 Å². The van der Waals surface area contributed by atoms with Crippen LogP contribution < -0.4 is 4.43 Å². The lowest BCUT2D eigenvalue weighted by Gasteiger charge is -2.36. The molecule has 0 aliphatic heterocycles. The highest BCUT2D eigenvalue weighted by molar-refractivity contribution is 9.10. The molecule has 0 atom stereocenters. The summed E-state index contributed by atoms with van der Waals surface area (Å²) in [5.41, 5.74) is 1.08. The van der Waals surface area contributed by atoms with Gasteiger partial charge in [-0.25, -0.2) is 4.98 Å². The van der Waals surface area contributed by atoms with E-state index in [4.69, 9.17) is 4.43 Å². The van der Waals surface area contributed by atoms with Crippen molar-refractivity contribution in [2.75, 3.05) is 0 Å². The minimum Gasteiger partial charge on any atom is -0.543 e. The molecular weight excluding hydrogens is 282 g/mol. The van der Waals surface area contributed by atoms with Gasteiger partial charge in [0.25, 0.3) is 0 Å². The van der Waals surface area contributed by atoms with Crippen LogP contribution in [-0.4, -0.2) is 13.3 Å². The maximum Gasteiger partial charge on any atom is 0.250 e. The highest BCUT2D eigenvalue weighted by Crippen LogP contribution is 2.38. The highest BCUT2D eigenvalue weighted by atomic mass is 79.9. The van der Waals surface area contributed by atoms with Crippen LogP contribution >= 0.6 is 15.9 Å². The first-order valence-electron chi connectivity index (χ1n) is 5.45. The standard InChI is InChI=1S/C12H20BrNOSi/c1-9-10(7-8-14-11(9)13)15-16(5,6)12(2,3)4/h7-8H,1-6H3. The number of pyridine rings is 1. The molecule has 90 valence electrons. The van der Waals surface area contributed by atoms with E-state index in [0.717, 1.165) is 15.9 Å². The molecule has 1 heterocycles. The fraction of sp³-hybridized carbons (Fsp3) is 0.583. The summed E-state index contributed by atoms with van der Waals surface area (Å²) in [5.74, 6) is 0.952. The van der Waals surface area contributed by atoms with Gasteiger partial charge < -0.3 is 4.43 Å². The van der Waals surface area contributed by atoms with Crippen LogP contribution in [0, 0.1) is 6.92 Å². The monoisotopic (exact) mass is 301 g/mol. The van der Waals surface area contributed by atoms with Crippen LogP contribution in [0.15, 0.2) is 16.9 Å². The van der Waals surface area contributed by atoms with Gasteiger partial charge in [-0.2, -0.15) is 0 Å². The van der Waals surface area contributed by atoms with Gasteiger partial charge in [-0.05, 0) is 47.1 Å². The summed E-state index contributed by atoms with van der Waals surface area (Å²) < 4.78 is 7.11. The fourth-order valence-electron chi connectivity index (χ4n) is 1.03. The quantitative estimate of drug-likeness (QED) is 0.591. The Morgan fingerprint density at radius 3 is 2.38 bits per heavy atom. The van der Waals surface area contributed by atoms with E-state index in [1.807, 2.05) is 13.0 Å². The average Bonchev–Trinajstić information content (AvgIpc) is 2.11. The lowest BCUT2D eigenvalue weighted by Crippen LogP contribution is -2.44. The summed E-state index contributed by atoms with van der Waals surface area (Å²) in [5, 5.41) is 0.217. The molecule has 0 saturated heterocycles. The van der Waals surface area contributed by atoms with Crippen molar-refractivity contribution < 1.29 is 4.43 Å². The Kier molecular flexibility index (Phi) is 3.85. The molecule has 0 aliphatic rings. The second kappa shape index (κ2) is 4.49. The molecule has 0 radical (unpaired) electrons. The van der Waals surface area contributed by atoms with Crippen LogP contribution in [-0.2, 0) is 0 Å². The van der Waals surface area contributed by atoms with Gasteiger partial charge in [0, 0.05) is 11.8 Å². The average molecular weight is 302 g/mol. The Balaban J connectivity index is 3.02. The number of aromatic nitrogens is 1. The smallest absolute Gasteiger partial charge is 0.250 e. The van der Waals surface area contributed by atoms with Crippen molar-refractivity contribution in [3.05, 3.63) is 22.4 Å². The third kappa shape index (κ3) is 2.86. The minimum atomic E-state index is -1.75. The van der Waals surface area contributed by atoms with E-state index >= 15 is 0 Å². The van der Waals surface area contributed by atoms with Gasteiger partial charge in [0.15, 0.2) is 0 Å². The van der Waals surface area contributed by atoms with Crippen LogP contribution in [0.1, 0.15) is 26.3 Å². The topological polar surface area (TPSA) is 22.1 Å². The van der Waals surface area contributed by atoms with E-state index in [0.29, 0.717) is 0 Å². The SMILES string of the molecule is Cc1c(O[Si](C)(C)C(C)(C)C)ccnc1Br. The summed E-state index contributed by atoms with van der Waals surface area (Å²) in [7, 11) is -1.75. The fourth-order valence-corrected chi connectivity index (χ4v) is 2.42. The second-order valence-electron chi connectivity index (χ2n) is 5.59. The van der Waals surface area contributed by atoms with Crippen LogP contribution in [0.4, 0.5) is 0 Å². The minimum absolute atomic E-state index is 0.217. The Labute approximate surface area is 108 Å². The first-order valence-corrected chi connectivity index (χ1v) is 9.15. The first kappa shape index (κ1) is 13.7. The maximum atomic E-state index is 6.25. The van der Waals surface area contributed by atoms with Crippen molar-refractivity contribution in [3.8, 4) is 5.75 Å². The van der Waals surface area contributed by atoms with E-state index in [1.54, 1.807) is 6.20 Å². The molecule has 4 heteroatoms. The summed E-state index contributed by atoms with van der Waals surface area (Å²) in [6.45, 7) is 13.3. The van der Waals surface area contributed by atoms with Crippen molar-refractivity contribution >= 4 is 24.2 Å². The van der Waals surface area contributed by atoms with Gasteiger partial charge in [0.2, 0.25) is 8.32 Å². The zero-order valence-electron chi connectivity index (χ0n) is 10.9. The largest absolute Gasteiger partial charge is 0.543 e. The molecular formula is C12H20BrNOSi. The number of hydrogen-bond acceptors (Lipinski definition) is 2.